The van der Waals surface area contributed by atoms with Crippen LogP contribution in [0.3, 0.4) is 0 Å². The average Bonchev–Trinajstić information content (AvgIpc) is 3.87. The van der Waals surface area contributed by atoms with Crippen molar-refractivity contribution in [3.63, 3.8) is 0 Å². The highest BCUT2D eigenvalue weighted by molar-refractivity contribution is 7.92. The maximum Gasteiger partial charge on any atom is 0.264 e. The van der Waals surface area contributed by atoms with Crippen LogP contribution in [0.15, 0.2) is 102 Å². The number of anilines is 3. The molecule has 2 unspecified atom stereocenters. The Bertz CT molecular complexity index is 1960. The monoisotopic (exact) mass is 663 g/mol. The molecule has 1 fully saturated rings. The highest BCUT2D eigenvalue weighted by atomic mass is 32.2. The van der Waals surface area contributed by atoms with Gasteiger partial charge >= 0.3 is 0 Å². The van der Waals surface area contributed by atoms with Gasteiger partial charge in [0.05, 0.1) is 16.7 Å². The number of pyridine rings is 1. The number of aromatic nitrogens is 2. The molecule has 0 radical (unpaired) electrons. The Hall–Kier alpha value is -4.18. The molecule has 3 aromatic carbocycles. The van der Waals surface area contributed by atoms with Crippen LogP contribution in [0.4, 0.5) is 17.2 Å². The minimum atomic E-state index is -3.88. The van der Waals surface area contributed by atoms with E-state index < -0.39 is 16.1 Å². The second-order valence-corrected chi connectivity index (χ2v) is 15.2. The van der Waals surface area contributed by atoms with E-state index in [1.54, 1.807) is 24.3 Å². The summed E-state index contributed by atoms with van der Waals surface area (Å²) in [5.74, 6) is 1.68. The van der Waals surface area contributed by atoms with E-state index in [4.69, 9.17) is 10.7 Å². The largest absolute Gasteiger partial charge is 0.388 e. The molecule has 2 atom stereocenters. The summed E-state index contributed by atoms with van der Waals surface area (Å²) in [7, 11) is -3.88. The standard InChI is InChI=1S/C39H45N5O3S/c40-21-23-43(33-13-2-1-3-14-33)48(46,47)35-17-19-37-31(26-35)25-34(27-38(45)30-16-18-36-29(24-30)20-22-41-36)44(37)39-15-7-12-32(42-39)11-6-10-28-8-4-5-9-28/h1-3,7,12-20,22,24,26,28,34,38,41,45H,4-6,8-11,21,23,25,27,40H2. The molecule has 0 amide bonds. The van der Waals surface area contributed by atoms with Gasteiger partial charge in [0.15, 0.2) is 0 Å². The lowest BCUT2D eigenvalue weighted by Crippen LogP contribution is -2.35. The summed E-state index contributed by atoms with van der Waals surface area (Å²) >= 11 is 0. The zero-order valence-electron chi connectivity index (χ0n) is 27.3. The normalized spacial score (nSPS) is 17.2. The molecule has 2 aromatic heterocycles. The maximum atomic E-state index is 14.0. The van der Waals surface area contributed by atoms with Gasteiger partial charge in [-0.2, -0.15) is 0 Å². The number of benzene rings is 3. The first kappa shape index (κ1) is 32.4. The molecular weight excluding hydrogens is 619 g/mol. The molecule has 1 saturated carbocycles. The van der Waals surface area contributed by atoms with Crippen molar-refractivity contribution in [2.24, 2.45) is 11.7 Å². The van der Waals surface area contributed by atoms with Crippen LogP contribution >= 0.6 is 0 Å². The van der Waals surface area contributed by atoms with Crippen LogP contribution in [-0.2, 0) is 22.9 Å². The predicted octanol–water partition coefficient (Wildman–Crippen LogP) is 7.42. The van der Waals surface area contributed by atoms with Crippen LogP contribution < -0.4 is 14.9 Å². The number of aryl methyl sites for hydroxylation is 1. The zero-order valence-corrected chi connectivity index (χ0v) is 28.2. The Morgan fingerprint density at radius 1 is 0.979 bits per heavy atom. The van der Waals surface area contributed by atoms with Gasteiger partial charge in [0.25, 0.3) is 10.0 Å². The number of fused-ring (bicyclic) bond motifs is 2. The quantitative estimate of drug-likeness (QED) is 0.121. The smallest absolute Gasteiger partial charge is 0.264 e. The summed E-state index contributed by atoms with van der Waals surface area (Å²) in [6.07, 6.45) is 11.0. The number of para-hydroxylation sites is 1. The molecule has 1 aliphatic heterocycles. The van der Waals surface area contributed by atoms with Gasteiger partial charge in [0, 0.05) is 42.2 Å². The first-order valence-electron chi connectivity index (χ1n) is 17.3. The van der Waals surface area contributed by atoms with Crippen LogP contribution in [0.25, 0.3) is 10.9 Å². The number of hydrogen-bond donors (Lipinski definition) is 3. The third-order valence-corrected chi connectivity index (χ3v) is 11.9. The summed E-state index contributed by atoms with van der Waals surface area (Å²) in [6, 6.07) is 28.6. The summed E-state index contributed by atoms with van der Waals surface area (Å²) in [5, 5.41) is 12.6. The van der Waals surface area contributed by atoms with Crippen LogP contribution in [-0.4, -0.2) is 42.6 Å². The Morgan fingerprint density at radius 3 is 2.62 bits per heavy atom. The lowest BCUT2D eigenvalue weighted by atomic mass is 9.98. The number of H-pyrrole nitrogens is 1. The molecule has 9 heteroatoms. The molecule has 7 rings (SSSR count). The van der Waals surface area contributed by atoms with Gasteiger partial charge in [-0.05, 0) is 109 Å². The van der Waals surface area contributed by atoms with Crippen molar-refractivity contribution < 1.29 is 13.5 Å². The predicted molar refractivity (Wildman–Crippen MR) is 193 cm³/mol. The van der Waals surface area contributed by atoms with E-state index in [0.29, 0.717) is 18.5 Å². The fourth-order valence-corrected chi connectivity index (χ4v) is 9.20. The zero-order chi connectivity index (χ0) is 33.1. The number of aromatic amines is 1. The Labute approximate surface area is 283 Å². The van der Waals surface area contributed by atoms with E-state index in [9.17, 15) is 13.5 Å². The van der Waals surface area contributed by atoms with Gasteiger partial charge in [-0.1, -0.05) is 62.4 Å². The topological polar surface area (TPSA) is 116 Å². The van der Waals surface area contributed by atoms with Gasteiger partial charge < -0.3 is 20.7 Å². The van der Waals surface area contributed by atoms with Crippen molar-refractivity contribution in [1.29, 1.82) is 0 Å². The second-order valence-electron chi connectivity index (χ2n) is 13.3. The second kappa shape index (κ2) is 14.1. The van der Waals surface area contributed by atoms with Crippen LogP contribution in [0.1, 0.15) is 67.9 Å². The molecule has 3 heterocycles. The summed E-state index contributed by atoms with van der Waals surface area (Å²) in [6.45, 7) is 0.372. The van der Waals surface area contributed by atoms with E-state index in [1.807, 2.05) is 60.8 Å². The number of nitrogens with two attached hydrogens (primary N) is 1. The van der Waals surface area contributed by atoms with Crippen molar-refractivity contribution in [2.75, 3.05) is 22.3 Å². The fourth-order valence-electron chi connectivity index (χ4n) is 7.67. The van der Waals surface area contributed by atoms with Crippen LogP contribution in [0.5, 0.6) is 0 Å². The highest BCUT2D eigenvalue weighted by Gasteiger charge is 2.35. The SMILES string of the molecule is NCCN(c1ccccc1)S(=O)(=O)c1ccc2c(c1)CC(CC(O)c1ccc3[nH]ccc3c1)N2c1cccc(CCCC2CCCC2)n1. The average molecular weight is 664 g/mol. The maximum absolute atomic E-state index is 14.0. The Balaban J connectivity index is 1.20. The molecular formula is C39H45N5O3S. The summed E-state index contributed by atoms with van der Waals surface area (Å²) < 4.78 is 29.5. The molecule has 2 aliphatic rings. The number of nitrogens with one attached hydrogen (secondary N) is 1. The number of sulfonamides is 1. The highest BCUT2D eigenvalue weighted by Crippen LogP contribution is 2.42. The van der Waals surface area contributed by atoms with E-state index in [2.05, 4.69) is 22.0 Å². The van der Waals surface area contributed by atoms with E-state index in [-0.39, 0.29) is 24.0 Å². The third-order valence-electron chi connectivity index (χ3n) is 10.1. The van der Waals surface area contributed by atoms with Crippen molar-refractivity contribution in [3.05, 3.63) is 114 Å². The number of hydrogen-bond acceptors (Lipinski definition) is 6. The molecule has 0 saturated heterocycles. The first-order chi connectivity index (χ1) is 23.4. The first-order valence-corrected chi connectivity index (χ1v) is 18.8. The molecule has 1 aliphatic carbocycles. The summed E-state index contributed by atoms with van der Waals surface area (Å²) in [4.78, 5) is 10.8. The van der Waals surface area contributed by atoms with Crippen molar-refractivity contribution >= 4 is 38.1 Å². The van der Waals surface area contributed by atoms with E-state index >= 15 is 0 Å². The molecule has 250 valence electrons. The van der Waals surface area contributed by atoms with Gasteiger partial charge in [-0.15, -0.1) is 0 Å². The molecule has 5 aromatic rings. The minimum Gasteiger partial charge on any atom is -0.388 e. The Morgan fingerprint density at radius 2 is 1.81 bits per heavy atom. The fraction of sp³-hybridized carbons (Fsp3) is 0.359. The molecule has 0 bridgehead atoms. The Kier molecular flexibility index (Phi) is 9.52. The van der Waals surface area contributed by atoms with Gasteiger partial charge in [-0.25, -0.2) is 13.4 Å². The van der Waals surface area contributed by atoms with Gasteiger partial charge in [0.1, 0.15) is 5.82 Å². The summed E-state index contributed by atoms with van der Waals surface area (Å²) in [5.41, 5.74) is 11.3. The minimum absolute atomic E-state index is 0.120. The van der Waals surface area contributed by atoms with E-state index in [0.717, 1.165) is 58.0 Å². The lowest BCUT2D eigenvalue weighted by molar-refractivity contribution is 0.159. The van der Waals surface area contributed by atoms with E-state index in [1.165, 1.54) is 36.4 Å². The number of nitrogens with zero attached hydrogens (tertiary/aromatic N) is 3. The molecule has 0 spiro atoms. The van der Waals surface area contributed by atoms with Crippen molar-refractivity contribution in [2.45, 2.75) is 74.8 Å². The number of aliphatic hydroxyl groups excluding tert-OH is 1. The van der Waals surface area contributed by atoms with Gasteiger partial charge in [-0.3, -0.25) is 4.31 Å². The molecule has 8 nitrogen and oxygen atoms in total. The van der Waals surface area contributed by atoms with Crippen molar-refractivity contribution in [3.8, 4) is 0 Å². The van der Waals surface area contributed by atoms with Crippen LogP contribution in [0, 0.1) is 5.92 Å². The van der Waals surface area contributed by atoms with Gasteiger partial charge in [0.2, 0.25) is 0 Å². The van der Waals surface area contributed by atoms with Crippen LogP contribution in [0.2, 0.25) is 0 Å². The van der Waals surface area contributed by atoms with Crippen molar-refractivity contribution in [1.82, 2.24) is 9.97 Å². The molecule has 4 N–H and O–H groups in total. The lowest BCUT2D eigenvalue weighted by Gasteiger charge is -2.29. The third kappa shape index (κ3) is 6.72. The number of rotatable bonds is 13. The molecule has 48 heavy (non-hydrogen) atoms. The number of aliphatic hydroxyl groups is 1.